The third kappa shape index (κ3) is 58.6. The lowest BCUT2D eigenvalue weighted by Crippen LogP contribution is -2.30. The Hall–Kier alpha value is -4.19. The molecule has 0 radical (unpaired) electrons. The molecule has 6 nitrogen and oxygen atoms in total. The van der Waals surface area contributed by atoms with Gasteiger partial charge in [-0.1, -0.05) is 258 Å². The highest BCUT2D eigenvalue weighted by Crippen LogP contribution is 2.15. The van der Waals surface area contributed by atoms with Crippen molar-refractivity contribution in [2.45, 2.75) is 271 Å². The molecule has 6 heteroatoms. The molecule has 73 heavy (non-hydrogen) atoms. The number of carbonyl (C=O) groups excluding carboxylic acids is 3. The van der Waals surface area contributed by atoms with Crippen molar-refractivity contribution in [2.75, 3.05) is 13.2 Å². The molecule has 0 saturated heterocycles. The second kappa shape index (κ2) is 60.4. The van der Waals surface area contributed by atoms with E-state index in [4.69, 9.17) is 14.2 Å². The molecule has 0 N–H and O–H groups in total. The van der Waals surface area contributed by atoms with Gasteiger partial charge < -0.3 is 14.2 Å². The SMILES string of the molecule is CC/C=C\C/C=C\C/C=C\C/C=C\C/C=C\C/C=C\C/C=C\CCCCCCCCCCCCCCCC(=O)OCC(COC(=O)CCCCCCCCC)OC(=O)CCCCC/C=C\C/C=C\C/C=C\CC. The first kappa shape index (κ1) is 68.8. The van der Waals surface area contributed by atoms with Gasteiger partial charge in [-0.05, 0) is 109 Å². The summed E-state index contributed by atoms with van der Waals surface area (Å²) in [5, 5.41) is 0. The fourth-order valence-corrected chi connectivity index (χ4v) is 8.03. The quantitative estimate of drug-likeness (QED) is 0.0261. The molecule has 1 unspecified atom stereocenters. The van der Waals surface area contributed by atoms with E-state index in [1.807, 2.05) is 0 Å². The standard InChI is InChI=1S/C67H110O6/c1-4-7-10-13-16-18-20-22-23-24-25-26-27-28-29-30-31-32-33-34-35-36-37-38-39-40-41-42-43-45-46-48-51-54-57-60-66(69)72-63-64(62-71-65(68)59-56-53-50-15-12-9-6-3)73-67(70)61-58-55-52-49-47-44-21-19-17-14-11-8-5-2/h7-8,10-11,16-19,22-23,25-26,28-29,31-32,34-35,44,47,64H,4-6,9,12-15,20-21,24,27,30,33,36-43,45-46,48-63H2,1-3H3/b10-7-,11-8-,18-16-,19-17-,23-22-,26-25-,29-28-,32-31-,35-34-,47-44-. The minimum Gasteiger partial charge on any atom is -0.462 e. The summed E-state index contributed by atoms with van der Waals surface area (Å²) in [6.45, 7) is 6.34. The van der Waals surface area contributed by atoms with Crippen LogP contribution in [0.5, 0.6) is 0 Å². The van der Waals surface area contributed by atoms with Crippen molar-refractivity contribution in [1.82, 2.24) is 0 Å². The van der Waals surface area contributed by atoms with Crippen molar-refractivity contribution in [3.8, 4) is 0 Å². The average Bonchev–Trinajstić information content (AvgIpc) is 3.39. The minimum absolute atomic E-state index is 0.0897. The third-order valence-electron chi connectivity index (χ3n) is 12.5. The van der Waals surface area contributed by atoms with Gasteiger partial charge in [0.2, 0.25) is 0 Å². The molecule has 0 aromatic heterocycles. The van der Waals surface area contributed by atoms with Crippen molar-refractivity contribution in [2.24, 2.45) is 0 Å². The van der Waals surface area contributed by atoms with Crippen molar-refractivity contribution >= 4 is 17.9 Å². The number of hydrogen-bond donors (Lipinski definition) is 0. The van der Waals surface area contributed by atoms with E-state index in [1.54, 1.807) is 0 Å². The molecule has 1 atom stereocenters. The van der Waals surface area contributed by atoms with Gasteiger partial charge in [-0.25, -0.2) is 0 Å². The largest absolute Gasteiger partial charge is 0.462 e. The predicted molar refractivity (Wildman–Crippen MR) is 316 cm³/mol. The second-order valence-corrected chi connectivity index (χ2v) is 19.5. The maximum atomic E-state index is 12.8. The van der Waals surface area contributed by atoms with Crippen molar-refractivity contribution in [3.63, 3.8) is 0 Å². The van der Waals surface area contributed by atoms with Gasteiger partial charge in [-0.15, -0.1) is 0 Å². The summed E-state index contributed by atoms with van der Waals surface area (Å²) in [5.41, 5.74) is 0. The lowest BCUT2D eigenvalue weighted by Gasteiger charge is -2.18. The number of carbonyl (C=O) groups is 3. The van der Waals surface area contributed by atoms with Crippen LogP contribution in [0.2, 0.25) is 0 Å². The zero-order valence-electron chi connectivity index (χ0n) is 47.4. The Bertz CT molecular complexity index is 1540. The molecule has 0 rings (SSSR count). The van der Waals surface area contributed by atoms with E-state index >= 15 is 0 Å². The second-order valence-electron chi connectivity index (χ2n) is 19.5. The molecule has 0 aliphatic heterocycles. The van der Waals surface area contributed by atoms with Crippen LogP contribution in [-0.4, -0.2) is 37.2 Å². The van der Waals surface area contributed by atoms with Gasteiger partial charge in [0.15, 0.2) is 6.10 Å². The summed E-state index contributed by atoms with van der Waals surface area (Å²) in [5.74, 6) is -0.928. The van der Waals surface area contributed by atoms with Crippen molar-refractivity contribution in [3.05, 3.63) is 122 Å². The van der Waals surface area contributed by atoms with Crippen LogP contribution in [0, 0.1) is 0 Å². The first-order valence-electron chi connectivity index (χ1n) is 30.0. The maximum absolute atomic E-state index is 12.8. The molecule has 0 aliphatic carbocycles. The van der Waals surface area contributed by atoms with E-state index in [0.29, 0.717) is 19.3 Å². The Morgan fingerprint density at radius 2 is 0.534 bits per heavy atom. The number of unbranched alkanes of at least 4 members (excludes halogenated alkanes) is 22. The Morgan fingerprint density at radius 1 is 0.288 bits per heavy atom. The highest BCUT2D eigenvalue weighted by Gasteiger charge is 2.19. The smallest absolute Gasteiger partial charge is 0.306 e. The Labute approximate surface area is 450 Å². The lowest BCUT2D eigenvalue weighted by atomic mass is 10.0. The fourth-order valence-electron chi connectivity index (χ4n) is 8.03. The first-order valence-corrected chi connectivity index (χ1v) is 30.0. The molecular formula is C67H110O6. The number of rotatable bonds is 53. The van der Waals surface area contributed by atoms with Gasteiger partial charge in [-0.3, -0.25) is 14.4 Å². The Balaban J connectivity index is 4.05. The van der Waals surface area contributed by atoms with Crippen LogP contribution in [-0.2, 0) is 28.6 Å². The van der Waals surface area contributed by atoms with Gasteiger partial charge in [-0.2, -0.15) is 0 Å². The maximum Gasteiger partial charge on any atom is 0.306 e. The van der Waals surface area contributed by atoms with Crippen LogP contribution >= 0.6 is 0 Å². The van der Waals surface area contributed by atoms with Crippen LogP contribution in [0.25, 0.3) is 0 Å². The molecule has 0 saturated carbocycles. The summed E-state index contributed by atoms with van der Waals surface area (Å²) in [4.78, 5) is 37.9. The summed E-state index contributed by atoms with van der Waals surface area (Å²) < 4.78 is 16.7. The van der Waals surface area contributed by atoms with E-state index in [2.05, 4.69) is 142 Å². The Kier molecular flexibility index (Phi) is 56.9. The Morgan fingerprint density at radius 3 is 0.849 bits per heavy atom. The van der Waals surface area contributed by atoms with E-state index in [1.165, 1.54) is 96.3 Å². The van der Waals surface area contributed by atoms with E-state index in [0.717, 1.165) is 128 Å². The molecule has 0 amide bonds. The monoisotopic (exact) mass is 1010 g/mol. The summed E-state index contributed by atoms with van der Waals surface area (Å²) in [6.07, 6.45) is 83.8. The zero-order valence-corrected chi connectivity index (χ0v) is 47.4. The van der Waals surface area contributed by atoms with E-state index < -0.39 is 6.10 Å². The normalized spacial score (nSPS) is 13.0. The molecule has 0 aromatic rings. The van der Waals surface area contributed by atoms with Crippen LogP contribution in [0.15, 0.2) is 122 Å². The average molecular weight is 1010 g/mol. The number of allylic oxidation sites excluding steroid dienone is 20. The summed E-state index contributed by atoms with van der Waals surface area (Å²) in [6, 6.07) is 0. The molecule has 0 fully saturated rings. The van der Waals surface area contributed by atoms with Gasteiger partial charge in [0.1, 0.15) is 13.2 Å². The van der Waals surface area contributed by atoms with Gasteiger partial charge in [0, 0.05) is 19.3 Å². The van der Waals surface area contributed by atoms with E-state index in [-0.39, 0.29) is 31.1 Å². The van der Waals surface area contributed by atoms with Gasteiger partial charge in [0.25, 0.3) is 0 Å². The van der Waals surface area contributed by atoms with Crippen molar-refractivity contribution in [1.29, 1.82) is 0 Å². The highest BCUT2D eigenvalue weighted by atomic mass is 16.6. The fraction of sp³-hybridized carbons (Fsp3) is 0.657. The van der Waals surface area contributed by atoms with Gasteiger partial charge in [0.05, 0.1) is 0 Å². The molecule has 0 aliphatic rings. The van der Waals surface area contributed by atoms with Crippen LogP contribution in [0.1, 0.15) is 265 Å². The molecule has 414 valence electrons. The molecule has 0 bridgehead atoms. The van der Waals surface area contributed by atoms with E-state index in [9.17, 15) is 14.4 Å². The molecular weight excluding hydrogens is 901 g/mol. The van der Waals surface area contributed by atoms with Crippen LogP contribution < -0.4 is 0 Å². The topological polar surface area (TPSA) is 78.9 Å². The number of hydrogen-bond acceptors (Lipinski definition) is 6. The zero-order chi connectivity index (χ0) is 52.9. The summed E-state index contributed by atoms with van der Waals surface area (Å²) >= 11 is 0. The first-order chi connectivity index (χ1) is 36.0. The number of ether oxygens (including phenoxy) is 3. The molecule has 0 spiro atoms. The van der Waals surface area contributed by atoms with Crippen LogP contribution in [0.4, 0.5) is 0 Å². The lowest BCUT2D eigenvalue weighted by molar-refractivity contribution is -0.167. The molecule has 0 aromatic carbocycles. The number of esters is 3. The predicted octanol–water partition coefficient (Wildman–Crippen LogP) is 20.4. The summed E-state index contributed by atoms with van der Waals surface area (Å²) in [7, 11) is 0. The highest BCUT2D eigenvalue weighted by molar-refractivity contribution is 5.71. The van der Waals surface area contributed by atoms with Crippen LogP contribution in [0.3, 0.4) is 0 Å². The van der Waals surface area contributed by atoms with Gasteiger partial charge >= 0.3 is 17.9 Å². The van der Waals surface area contributed by atoms with Crippen molar-refractivity contribution < 1.29 is 28.6 Å². The third-order valence-corrected chi connectivity index (χ3v) is 12.5. The molecule has 0 heterocycles. The minimum atomic E-state index is -0.791.